The van der Waals surface area contributed by atoms with Crippen LogP contribution in [0.4, 0.5) is 17.3 Å². The number of hydrogen-bond donors (Lipinski definition) is 1. The number of nitro benzene ring substituents is 1. The summed E-state index contributed by atoms with van der Waals surface area (Å²) in [7, 11) is 0. The van der Waals surface area contributed by atoms with E-state index in [1.807, 2.05) is 29.1 Å². The average molecular weight is 406 g/mol. The van der Waals surface area contributed by atoms with Crippen molar-refractivity contribution >= 4 is 28.2 Å². The Morgan fingerprint density at radius 3 is 2.97 bits per heavy atom. The molecule has 1 N–H and O–H groups in total. The lowest BCUT2D eigenvalue weighted by Crippen LogP contribution is -2.18. The first-order valence-corrected chi connectivity index (χ1v) is 9.62. The topological polar surface area (TPSA) is 121 Å². The summed E-state index contributed by atoms with van der Waals surface area (Å²) in [5, 5.41) is 23.4. The van der Waals surface area contributed by atoms with Gasteiger partial charge in [0, 0.05) is 35.4 Å². The molecule has 1 saturated heterocycles. The highest BCUT2D eigenvalue weighted by molar-refractivity contribution is 5.83. The van der Waals surface area contributed by atoms with Crippen molar-refractivity contribution in [3.05, 3.63) is 58.8 Å². The number of nitro groups is 1. The van der Waals surface area contributed by atoms with Gasteiger partial charge in [-0.25, -0.2) is 4.68 Å². The highest BCUT2D eigenvalue weighted by atomic mass is 16.6. The summed E-state index contributed by atoms with van der Waals surface area (Å²) in [6, 6.07) is 11.9. The zero-order valence-electron chi connectivity index (χ0n) is 15.9. The van der Waals surface area contributed by atoms with Gasteiger partial charge in [-0.1, -0.05) is 6.07 Å². The maximum absolute atomic E-state index is 11.0. The second-order valence-electron chi connectivity index (χ2n) is 7.04. The second-order valence-corrected chi connectivity index (χ2v) is 7.04. The Morgan fingerprint density at radius 1 is 1.20 bits per heavy atom. The van der Waals surface area contributed by atoms with Crippen molar-refractivity contribution in [3.63, 3.8) is 0 Å². The van der Waals surface area contributed by atoms with Crippen molar-refractivity contribution in [3.8, 4) is 11.5 Å². The molecule has 152 valence electrons. The van der Waals surface area contributed by atoms with E-state index < -0.39 is 4.92 Å². The molecule has 10 heteroatoms. The largest absolute Gasteiger partial charge is 0.356 e. The fraction of sp³-hybridized carbons (Fsp3) is 0.250. The van der Waals surface area contributed by atoms with E-state index in [9.17, 15) is 10.1 Å². The summed E-state index contributed by atoms with van der Waals surface area (Å²) in [5.41, 5.74) is 2.22. The molecule has 0 spiro atoms. The number of rotatable bonds is 5. The summed E-state index contributed by atoms with van der Waals surface area (Å²) in [5.74, 6) is 0.461. The van der Waals surface area contributed by atoms with E-state index in [0.717, 1.165) is 42.5 Å². The Balaban J connectivity index is 1.36. The van der Waals surface area contributed by atoms with Crippen LogP contribution in [0.1, 0.15) is 25.5 Å². The Hall–Kier alpha value is -3.79. The molecule has 30 heavy (non-hydrogen) atoms. The molecule has 4 aromatic rings. The average Bonchev–Trinajstić information content (AvgIpc) is 3.41. The van der Waals surface area contributed by atoms with Gasteiger partial charge in [-0.2, -0.15) is 10.1 Å². The number of hydrogen-bond acceptors (Lipinski definition) is 8. The van der Waals surface area contributed by atoms with E-state index in [1.54, 1.807) is 12.1 Å². The van der Waals surface area contributed by atoms with Crippen LogP contribution in [0.25, 0.3) is 22.4 Å². The van der Waals surface area contributed by atoms with E-state index in [-0.39, 0.29) is 23.8 Å². The normalized spacial score (nSPS) is 16.6. The third-order valence-corrected chi connectivity index (χ3v) is 5.01. The summed E-state index contributed by atoms with van der Waals surface area (Å²) in [6.45, 7) is 0.760. The molecule has 0 saturated carbocycles. The Bertz CT molecular complexity index is 1210. The molecule has 2 aromatic carbocycles. The highest BCUT2D eigenvalue weighted by Crippen LogP contribution is 2.29. The highest BCUT2D eigenvalue weighted by Gasteiger charge is 2.19. The molecule has 1 atom stereocenters. The van der Waals surface area contributed by atoms with Crippen LogP contribution in [0.5, 0.6) is 0 Å². The molecular formula is C20H18N6O4. The molecule has 5 rings (SSSR count). The van der Waals surface area contributed by atoms with Crippen LogP contribution in [0.15, 0.2) is 53.2 Å². The fourth-order valence-corrected chi connectivity index (χ4v) is 3.55. The molecule has 3 heterocycles. The van der Waals surface area contributed by atoms with Crippen molar-refractivity contribution in [2.45, 2.75) is 25.5 Å². The molecule has 1 aliphatic heterocycles. The lowest BCUT2D eigenvalue weighted by atomic mass is 10.2. The van der Waals surface area contributed by atoms with Crippen LogP contribution < -0.4 is 5.32 Å². The number of non-ortho nitro benzene ring substituents is 1. The third-order valence-electron chi connectivity index (χ3n) is 5.01. The molecule has 10 nitrogen and oxygen atoms in total. The van der Waals surface area contributed by atoms with E-state index in [2.05, 4.69) is 20.6 Å². The predicted octanol–water partition coefficient (Wildman–Crippen LogP) is 4.44. The van der Waals surface area contributed by atoms with E-state index in [1.165, 1.54) is 12.1 Å². The lowest BCUT2D eigenvalue weighted by Gasteiger charge is -2.23. The minimum Gasteiger partial charge on any atom is -0.356 e. The fourth-order valence-electron chi connectivity index (χ4n) is 3.55. The number of nitrogens with one attached hydrogen (secondary N) is 1. The molecule has 2 aromatic heterocycles. The molecule has 0 amide bonds. The van der Waals surface area contributed by atoms with Gasteiger partial charge in [-0.05, 0) is 48.7 Å². The minimum atomic E-state index is -0.466. The Labute approximate surface area is 170 Å². The van der Waals surface area contributed by atoms with Gasteiger partial charge < -0.3 is 14.6 Å². The van der Waals surface area contributed by atoms with Crippen LogP contribution in [0, 0.1) is 10.1 Å². The van der Waals surface area contributed by atoms with Gasteiger partial charge in [0.2, 0.25) is 0 Å². The summed E-state index contributed by atoms with van der Waals surface area (Å²) >= 11 is 0. The molecule has 1 unspecified atom stereocenters. The smallest absolute Gasteiger partial charge is 0.270 e. The summed E-state index contributed by atoms with van der Waals surface area (Å²) in [6.07, 6.45) is 4.97. The quantitative estimate of drug-likeness (QED) is 0.381. The van der Waals surface area contributed by atoms with Crippen LogP contribution in [0.2, 0.25) is 0 Å². The van der Waals surface area contributed by atoms with Crippen LogP contribution in [-0.2, 0) is 4.74 Å². The maximum atomic E-state index is 11.0. The molecular weight excluding hydrogens is 388 g/mol. The van der Waals surface area contributed by atoms with Crippen molar-refractivity contribution in [1.82, 2.24) is 19.9 Å². The van der Waals surface area contributed by atoms with Gasteiger partial charge in [0.1, 0.15) is 0 Å². The van der Waals surface area contributed by atoms with Crippen molar-refractivity contribution in [1.29, 1.82) is 0 Å². The first-order valence-electron chi connectivity index (χ1n) is 9.62. The van der Waals surface area contributed by atoms with Gasteiger partial charge >= 0.3 is 0 Å². The monoisotopic (exact) mass is 406 g/mol. The lowest BCUT2D eigenvalue weighted by molar-refractivity contribution is -0.384. The van der Waals surface area contributed by atoms with Crippen LogP contribution >= 0.6 is 0 Å². The Kier molecular flexibility index (Phi) is 4.60. The number of aromatic nitrogens is 4. The van der Waals surface area contributed by atoms with Gasteiger partial charge in [0.25, 0.3) is 17.5 Å². The molecule has 1 fully saturated rings. The SMILES string of the molecule is O=[N+]([O-])c1cccc(-c2nc(Nc3ccc4c(cnn4C4CCCCO4)c3)no2)c1. The van der Waals surface area contributed by atoms with Crippen LogP contribution in [0.3, 0.4) is 0 Å². The number of ether oxygens (including phenoxy) is 1. The molecule has 0 bridgehead atoms. The number of fused-ring (bicyclic) bond motifs is 1. The van der Waals surface area contributed by atoms with E-state index >= 15 is 0 Å². The zero-order chi connectivity index (χ0) is 20.5. The Morgan fingerprint density at radius 2 is 2.13 bits per heavy atom. The maximum Gasteiger partial charge on any atom is 0.270 e. The van der Waals surface area contributed by atoms with E-state index in [4.69, 9.17) is 9.26 Å². The third kappa shape index (κ3) is 3.48. The van der Waals surface area contributed by atoms with Gasteiger partial charge in [-0.3, -0.25) is 10.1 Å². The summed E-state index contributed by atoms with van der Waals surface area (Å²) < 4.78 is 13.0. The van der Waals surface area contributed by atoms with Gasteiger partial charge in [-0.15, -0.1) is 0 Å². The molecule has 0 aliphatic carbocycles. The molecule has 0 radical (unpaired) electrons. The van der Waals surface area contributed by atoms with Crippen LogP contribution in [-0.4, -0.2) is 31.5 Å². The standard InChI is InChI=1S/C20H18N6O4/c27-26(28)16-5-3-4-13(11-16)19-23-20(24-30-19)22-15-7-8-17-14(10-15)12-21-25(17)18-6-1-2-9-29-18/h3-5,7-8,10-12,18H,1-2,6,9H2,(H,22,24). The second kappa shape index (κ2) is 7.56. The number of anilines is 2. The predicted molar refractivity (Wildman–Crippen MR) is 108 cm³/mol. The molecule has 1 aliphatic rings. The van der Waals surface area contributed by atoms with Crippen molar-refractivity contribution < 1.29 is 14.2 Å². The van der Waals surface area contributed by atoms with Crippen molar-refractivity contribution in [2.75, 3.05) is 11.9 Å². The number of nitrogens with zero attached hydrogens (tertiary/aromatic N) is 5. The van der Waals surface area contributed by atoms with E-state index in [0.29, 0.717) is 5.56 Å². The van der Waals surface area contributed by atoms with Crippen molar-refractivity contribution in [2.24, 2.45) is 0 Å². The zero-order valence-corrected chi connectivity index (χ0v) is 15.9. The minimum absolute atomic E-state index is 0.0234. The summed E-state index contributed by atoms with van der Waals surface area (Å²) in [4.78, 5) is 14.8. The number of benzene rings is 2. The first-order chi connectivity index (χ1) is 14.7. The first kappa shape index (κ1) is 18.3. The van der Waals surface area contributed by atoms with Gasteiger partial charge in [0.05, 0.1) is 16.6 Å². The van der Waals surface area contributed by atoms with Gasteiger partial charge in [0.15, 0.2) is 6.23 Å².